The smallest absolute Gasteiger partial charge is 0.273 e. The number of piperazine rings is 1. The molecule has 2 amide bonds. The molecule has 1 atom stereocenters. The summed E-state index contributed by atoms with van der Waals surface area (Å²) < 4.78 is 0. The van der Waals surface area contributed by atoms with Gasteiger partial charge < -0.3 is 19.8 Å². The van der Waals surface area contributed by atoms with Crippen molar-refractivity contribution in [1.29, 1.82) is 0 Å². The van der Waals surface area contributed by atoms with Crippen LogP contribution >= 0.6 is 23.4 Å². The number of carbonyl (C=O) groups excluding carboxylic acids is 2. The zero-order valence-electron chi connectivity index (χ0n) is 16.2. The lowest BCUT2D eigenvalue weighted by Gasteiger charge is -2.41. The van der Waals surface area contributed by atoms with Gasteiger partial charge in [-0.25, -0.2) is 0 Å². The van der Waals surface area contributed by atoms with Crippen LogP contribution in [0.4, 0.5) is 0 Å². The molecule has 3 aliphatic rings. The number of halogens is 1. The quantitative estimate of drug-likeness (QED) is 0.736. The van der Waals surface area contributed by atoms with Gasteiger partial charge >= 0.3 is 0 Å². The third-order valence-corrected chi connectivity index (χ3v) is 6.98. The highest BCUT2D eigenvalue weighted by Gasteiger charge is 2.41. The summed E-state index contributed by atoms with van der Waals surface area (Å²) in [6.07, 6.45) is 1.69. The monoisotopic (exact) mass is 434 g/mol. The minimum absolute atomic E-state index is 0.00421. The summed E-state index contributed by atoms with van der Waals surface area (Å²) >= 11 is 7.62. The van der Waals surface area contributed by atoms with E-state index in [1.54, 1.807) is 16.8 Å². The molecule has 3 heterocycles. The van der Waals surface area contributed by atoms with Crippen LogP contribution in [0.2, 0.25) is 5.02 Å². The number of hydrogen-bond acceptors (Lipinski definition) is 6. The van der Waals surface area contributed by atoms with Crippen molar-refractivity contribution >= 4 is 41.0 Å². The first-order valence-electron chi connectivity index (χ1n) is 9.63. The van der Waals surface area contributed by atoms with Crippen molar-refractivity contribution in [3.8, 4) is 0 Å². The summed E-state index contributed by atoms with van der Waals surface area (Å²) in [7, 11) is 1.72. The number of aliphatic imine (C=N–C) groups is 1. The molecule has 2 fully saturated rings. The van der Waals surface area contributed by atoms with E-state index in [0.717, 1.165) is 17.7 Å². The molecule has 1 aromatic rings. The van der Waals surface area contributed by atoms with Crippen molar-refractivity contribution in [2.75, 3.05) is 39.0 Å². The standard InChI is InChI=1S/C20H23ClN4O3S/c1-23-9-10-25-18(20(23)28)15(26)11-22-19(25)14-6-4-8-24(14)17(27)12-29-16-7-3-2-5-13(16)21/h2-3,5,7,14,26H,4,6,8-12H2,1H3. The Bertz CT molecular complexity index is 903. The summed E-state index contributed by atoms with van der Waals surface area (Å²) in [6, 6.07) is 7.31. The topological polar surface area (TPSA) is 76.4 Å². The SMILES string of the molecule is CN1CCN2C(C3CCCN3C(=O)CSc3ccccc3Cl)=NCC(O)=C2C1=O. The molecule has 7 nitrogen and oxygen atoms in total. The lowest BCUT2D eigenvalue weighted by molar-refractivity contribution is -0.129. The van der Waals surface area contributed by atoms with E-state index in [1.807, 2.05) is 29.2 Å². The molecule has 0 aliphatic carbocycles. The zero-order valence-corrected chi connectivity index (χ0v) is 17.7. The van der Waals surface area contributed by atoms with Gasteiger partial charge in [0, 0.05) is 31.6 Å². The van der Waals surface area contributed by atoms with Gasteiger partial charge in [-0.05, 0) is 25.0 Å². The molecule has 0 bridgehead atoms. The van der Waals surface area contributed by atoms with Crippen molar-refractivity contribution < 1.29 is 14.7 Å². The molecule has 29 heavy (non-hydrogen) atoms. The summed E-state index contributed by atoms with van der Waals surface area (Å²) in [5.41, 5.74) is 0.300. The largest absolute Gasteiger partial charge is 0.508 e. The molecule has 9 heteroatoms. The number of benzene rings is 1. The van der Waals surface area contributed by atoms with E-state index < -0.39 is 0 Å². The minimum Gasteiger partial charge on any atom is -0.508 e. The highest BCUT2D eigenvalue weighted by Crippen LogP contribution is 2.30. The van der Waals surface area contributed by atoms with E-state index in [-0.39, 0.29) is 30.2 Å². The number of carbonyl (C=O) groups is 2. The molecule has 1 aromatic carbocycles. The molecule has 1 N–H and O–H groups in total. The Labute approximate surface area is 179 Å². The Morgan fingerprint density at radius 1 is 1.31 bits per heavy atom. The van der Waals surface area contributed by atoms with E-state index >= 15 is 0 Å². The fourth-order valence-corrected chi connectivity index (χ4v) is 5.11. The molecule has 0 radical (unpaired) electrons. The van der Waals surface area contributed by atoms with E-state index in [4.69, 9.17) is 11.6 Å². The Morgan fingerprint density at radius 3 is 2.90 bits per heavy atom. The molecule has 0 spiro atoms. The molecule has 0 saturated carbocycles. The number of hydrogen-bond donors (Lipinski definition) is 1. The van der Waals surface area contributed by atoms with Gasteiger partial charge in [0.15, 0.2) is 0 Å². The Hall–Kier alpha value is -2.19. The van der Waals surface area contributed by atoms with Crippen LogP contribution < -0.4 is 0 Å². The highest BCUT2D eigenvalue weighted by atomic mass is 35.5. The molecular weight excluding hydrogens is 412 g/mol. The number of likely N-dealkylation sites (tertiary alicyclic amines) is 1. The summed E-state index contributed by atoms with van der Waals surface area (Å²) in [5.74, 6) is 0.832. The summed E-state index contributed by atoms with van der Waals surface area (Å²) in [6.45, 7) is 1.86. The minimum atomic E-state index is -0.203. The summed E-state index contributed by atoms with van der Waals surface area (Å²) in [5, 5.41) is 10.9. The first kappa shape index (κ1) is 20.1. The lowest BCUT2D eigenvalue weighted by atomic mass is 10.1. The second-order valence-corrected chi connectivity index (χ2v) is 8.74. The van der Waals surface area contributed by atoms with Gasteiger partial charge in [-0.2, -0.15) is 0 Å². The predicted molar refractivity (Wildman–Crippen MR) is 113 cm³/mol. The number of fused-ring (bicyclic) bond motifs is 1. The molecule has 1 unspecified atom stereocenters. The van der Waals surface area contributed by atoms with Crippen LogP contribution in [0.3, 0.4) is 0 Å². The average molecular weight is 435 g/mol. The molecule has 4 rings (SSSR count). The second kappa shape index (κ2) is 8.28. The van der Waals surface area contributed by atoms with Gasteiger partial charge in [0.25, 0.3) is 5.91 Å². The second-order valence-electron chi connectivity index (χ2n) is 7.31. The normalized spacial score (nSPS) is 22.1. The van der Waals surface area contributed by atoms with Crippen LogP contribution in [0.1, 0.15) is 12.8 Å². The highest BCUT2D eigenvalue weighted by molar-refractivity contribution is 8.00. The van der Waals surface area contributed by atoms with Gasteiger partial charge in [0.2, 0.25) is 5.91 Å². The molecule has 0 aromatic heterocycles. The number of rotatable bonds is 4. The fourth-order valence-electron chi connectivity index (χ4n) is 3.99. The first-order valence-corrected chi connectivity index (χ1v) is 11.0. The fraction of sp³-hybridized carbons (Fsp3) is 0.450. The van der Waals surface area contributed by atoms with Crippen LogP contribution in [0, 0.1) is 0 Å². The average Bonchev–Trinajstić information content (AvgIpc) is 3.19. The zero-order chi connectivity index (χ0) is 20.5. The number of amides is 2. The van der Waals surface area contributed by atoms with Gasteiger partial charge in [-0.3, -0.25) is 14.6 Å². The van der Waals surface area contributed by atoms with E-state index in [2.05, 4.69) is 4.99 Å². The van der Waals surface area contributed by atoms with Crippen LogP contribution in [0.15, 0.2) is 45.6 Å². The van der Waals surface area contributed by atoms with E-state index in [9.17, 15) is 14.7 Å². The number of thioether (sulfide) groups is 1. The van der Waals surface area contributed by atoms with Crippen LogP contribution in [0.25, 0.3) is 0 Å². The molecular formula is C20H23ClN4O3S. The van der Waals surface area contributed by atoms with Crippen LogP contribution in [-0.2, 0) is 9.59 Å². The van der Waals surface area contributed by atoms with E-state index in [0.29, 0.717) is 41.9 Å². The van der Waals surface area contributed by atoms with Gasteiger partial charge in [-0.15, -0.1) is 11.8 Å². The van der Waals surface area contributed by atoms with Crippen molar-refractivity contribution in [3.05, 3.63) is 40.7 Å². The number of nitrogens with zero attached hydrogens (tertiary/aromatic N) is 4. The van der Waals surface area contributed by atoms with Crippen molar-refractivity contribution in [2.24, 2.45) is 4.99 Å². The number of aliphatic hydroxyl groups excluding tert-OH is 1. The number of likely N-dealkylation sites (N-methyl/N-ethyl adjacent to an activating group) is 1. The van der Waals surface area contributed by atoms with Crippen molar-refractivity contribution in [2.45, 2.75) is 23.8 Å². The lowest BCUT2D eigenvalue weighted by Crippen LogP contribution is -2.56. The number of aliphatic hydroxyl groups is 1. The maximum Gasteiger partial charge on any atom is 0.273 e. The molecule has 3 aliphatic heterocycles. The summed E-state index contributed by atoms with van der Waals surface area (Å²) in [4.78, 5) is 36.2. The molecule has 154 valence electrons. The van der Waals surface area contributed by atoms with E-state index in [1.165, 1.54) is 11.8 Å². The molecule has 2 saturated heterocycles. The third-order valence-electron chi connectivity index (χ3n) is 5.48. The first-order chi connectivity index (χ1) is 14.0. The maximum atomic E-state index is 13.0. The van der Waals surface area contributed by atoms with Crippen LogP contribution in [0.5, 0.6) is 0 Å². The predicted octanol–water partition coefficient (Wildman–Crippen LogP) is 2.38. The van der Waals surface area contributed by atoms with Crippen molar-refractivity contribution in [1.82, 2.24) is 14.7 Å². The Balaban J connectivity index is 1.49. The third kappa shape index (κ3) is 3.83. The van der Waals surface area contributed by atoms with Gasteiger partial charge in [0.05, 0.1) is 16.8 Å². The Morgan fingerprint density at radius 2 is 2.10 bits per heavy atom. The van der Waals surface area contributed by atoms with Gasteiger partial charge in [-0.1, -0.05) is 23.7 Å². The maximum absolute atomic E-state index is 13.0. The van der Waals surface area contributed by atoms with Crippen LogP contribution in [-0.4, -0.2) is 82.5 Å². The van der Waals surface area contributed by atoms with Crippen molar-refractivity contribution in [3.63, 3.8) is 0 Å². The number of amidine groups is 1. The Kier molecular flexibility index (Phi) is 5.74. The van der Waals surface area contributed by atoms with Gasteiger partial charge in [0.1, 0.15) is 23.8 Å².